The Kier molecular flexibility index (Phi) is 10.2. The van der Waals surface area contributed by atoms with E-state index in [2.05, 4.69) is 30.7 Å². The summed E-state index contributed by atoms with van der Waals surface area (Å²) in [6.07, 6.45) is 4.79. The molecule has 2 heteroatoms. The van der Waals surface area contributed by atoms with Crippen LogP contribution in [0.25, 0.3) is 0 Å². The molecule has 1 aromatic rings. The molecule has 0 fully saturated rings. The first-order valence-electron chi connectivity index (χ1n) is 6.35. The van der Waals surface area contributed by atoms with E-state index in [9.17, 15) is 0 Å². The van der Waals surface area contributed by atoms with Crippen LogP contribution in [0, 0.1) is 6.92 Å². The predicted molar refractivity (Wildman–Crippen MR) is 72.8 cm³/mol. The summed E-state index contributed by atoms with van der Waals surface area (Å²) in [5, 5.41) is 0. The van der Waals surface area contributed by atoms with Gasteiger partial charge in [-0.05, 0) is 13.3 Å². The maximum atomic E-state index is 4.36. The highest BCUT2D eigenvalue weighted by atomic mass is 14.8. The fourth-order valence-electron chi connectivity index (χ4n) is 0.923. The van der Waals surface area contributed by atoms with Crippen molar-refractivity contribution in [2.75, 3.05) is 0 Å². The van der Waals surface area contributed by atoms with Crippen LogP contribution in [-0.4, -0.2) is 9.97 Å². The topological polar surface area (TPSA) is 25.8 Å². The van der Waals surface area contributed by atoms with Crippen molar-refractivity contribution in [1.82, 2.24) is 9.97 Å². The van der Waals surface area contributed by atoms with E-state index >= 15 is 0 Å². The minimum atomic E-state index is 0.153. The Balaban J connectivity index is 0. The Morgan fingerprint density at radius 3 is 1.81 bits per heavy atom. The first-order valence-corrected chi connectivity index (χ1v) is 6.35. The van der Waals surface area contributed by atoms with E-state index < -0.39 is 0 Å². The molecule has 0 N–H and O–H groups in total. The summed E-state index contributed by atoms with van der Waals surface area (Å²) in [6.45, 7) is 16.5. The third kappa shape index (κ3) is 5.84. The third-order valence-electron chi connectivity index (χ3n) is 2.36. The monoisotopic (exact) mass is 224 g/mol. The molecule has 0 aliphatic heterocycles. The van der Waals surface area contributed by atoms with Gasteiger partial charge >= 0.3 is 0 Å². The van der Waals surface area contributed by atoms with Crippen LogP contribution in [0.4, 0.5) is 0 Å². The normalized spacial score (nSPS) is 9.50. The van der Waals surface area contributed by atoms with Gasteiger partial charge in [0.2, 0.25) is 0 Å². The zero-order valence-electron chi connectivity index (χ0n) is 12.3. The lowest BCUT2D eigenvalue weighted by Gasteiger charge is -2.21. The molecule has 1 heterocycles. The van der Waals surface area contributed by atoms with E-state index in [4.69, 9.17) is 0 Å². The zero-order valence-corrected chi connectivity index (χ0v) is 12.3. The molecule has 94 valence electrons. The summed E-state index contributed by atoms with van der Waals surface area (Å²) in [6, 6.07) is 0. The van der Waals surface area contributed by atoms with E-state index in [-0.39, 0.29) is 5.41 Å². The van der Waals surface area contributed by atoms with Crippen LogP contribution in [0.2, 0.25) is 0 Å². The summed E-state index contributed by atoms with van der Waals surface area (Å²) in [5.74, 6) is 0. The van der Waals surface area contributed by atoms with Crippen molar-refractivity contribution in [1.29, 1.82) is 0 Å². The van der Waals surface area contributed by atoms with Gasteiger partial charge < -0.3 is 0 Å². The minimum Gasteiger partial charge on any atom is -0.258 e. The highest BCUT2D eigenvalue weighted by Crippen LogP contribution is 2.23. The second-order valence-corrected chi connectivity index (χ2v) is 3.78. The fourth-order valence-corrected chi connectivity index (χ4v) is 0.923. The summed E-state index contributed by atoms with van der Waals surface area (Å²) in [4.78, 5) is 8.59. The molecule has 0 radical (unpaired) electrons. The van der Waals surface area contributed by atoms with Crippen molar-refractivity contribution < 1.29 is 0 Å². The Hall–Kier alpha value is -0.920. The molecule has 0 spiro atoms. The Bertz CT molecular complexity index is 250. The molecule has 0 aliphatic rings. The molecule has 0 saturated heterocycles. The number of nitrogens with zero attached hydrogens (tertiary/aromatic N) is 2. The summed E-state index contributed by atoms with van der Waals surface area (Å²) >= 11 is 0. The van der Waals surface area contributed by atoms with Gasteiger partial charge in [-0.25, -0.2) is 0 Å². The van der Waals surface area contributed by atoms with Crippen LogP contribution in [0.3, 0.4) is 0 Å². The van der Waals surface area contributed by atoms with Crippen molar-refractivity contribution >= 4 is 0 Å². The molecular weight excluding hydrogens is 196 g/mol. The summed E-state index contributed by atoms with van der Waals surface area (Å²) in [7, 11) is 0. The third-order valence-corrected chi connectivity index (χ3v) is 2.36. The molecule has 0 saturated carbocycles. The second-order valence-electron chi connectivity index (χ2n) is 3.78. The number of hydrogen-bond donors (Lipinski definition) is 0. The van der Waals surface area contributed by atoms with Gasteiger partial charge in [0.15, 0.2) is 0 Å². The van der Waals surface area contributed by atoms with Crippen molar-refractivity contribution in [2.24, 2.45) is 0 Å². The highest BCUT2D eigenvalue weighted by Gasteiger charge is 2.19. The quantitative estimate of drug-likeness (QED) is 0.738. The maximum Gasteiger partial charge on any atom is 0.0642 e. The van der Waals surface area contributed by atoms with Gasteiger partial charge in [-0.3, -0.25) is 9.97 Å². The molecule has 16 heavy (non-hydrogen) atoms. The van der Waals surface area contributed by atoms with Crippen LogP contribution in [-0.2, 0) is 5.41 Å². The van der Waals surface area contributed by atoms with E-state index in [1.54, 1.807) is 0 Å². The van der Waals surface area contributed by atoms with Crippen molar-refractivity contribution in [3.63, 3.8) is 0 Å². The van der Waals surface area contributed by atoms with Crippen LogP contribution in [0.1, 0.15) is 66.3 Å². The molecule has 0 aliphatic carbocycles. The van der Waals surface area contributed by atoms with Crippen molar-refractivity contribution in [3.8, 4) is 0 Å². The lowest BCUT2D eigenvalue weighted by atomic mass is 9.87. The van der Waals surface area contributed by atoms with Crippen LogP contribution in [0.15, 0.2) is 12.4 Å². The van der Waals surface area contributed by atoms with Crippen molar-refractivity contribution in [2.45, 2.75) is 67.2 Å². The molecular formula is C14H28N2. The average Bonchev–Trinajstić information content (AvgIpc) is 2.35. The first-order chi connectivity index (χ1) is 7.56. The number of rotatable bonds is 2. The summed E-state index contributed by atoms with van der Waals surface area (Å²) in [5.41, 5.74) is 2.21. The smallest absolute Gasteiger partial charge is 0.0642 e. The standard InChI is InChI=1S/C10H16N2.2C2H6/c1-5-10(3,4)9-7-11-8(2)6-12-9;2*1-2/h6-7H,5H2,1-4H3;2*1-2H3. The molecule has 0 unspecified atom stereocenters. The molecule has 0 atom stereocenters. The number of hydrogen-bond acceptors (Lipinski definition) is 2. The lowest BCUT2D eigenvalue weighted by Crippen LogP contribution is -2.17. The fraction of sp³-hybridized carbons (Fsp3) is 0.714. The SMILES string of the molecule is CC.CC.CCC(C)(C)c1cnc(C)cn1. The highest BCUT2D eigenvalue weighted by molar-refractivity contribution is 5.11. The Morgan fingerprint density at radius 1 is 1.00 bits per heavy atom. The average molecular weight is 224 g/mol. The lowest BCUT2D eigenvalue weighted by molar-refractivity contribution is 0.487. The molecule has 1 rings (SSSR count). The van der Waals surface area contributed by atoms with Crippen LogP contribution in [0.5, 0.6) is 0 Å². The van der Waals surface area contributed by atoms with E-state index in [0.717, 1.165) is 17.8 Å². The molecule has 0 aromatic carbocycles. The molecule has 0 amide bonds. The molecule has 0 bridgehead atoms. The number of aromatic nitrogens is 2. The Morgan fingerprint density at radius 2 is 1.50 bits per heavy atom. The largest absolute Gasteiger partial charge is 0.258 e. The van der Waals surface area contributed by atoms with Gasteiger partial charge in [-0.2, -0.15) is 0 Å². The molecule has 2 nitrogen and oxygen atoms in total. The van der Waals surface area contributed by atoms with Gasteiger partial charge in [0.25, 0.3) is 0 Å². The Labute approximate surface area is 102 Å². The first kappa shape index (κ1) is 17.5. The number of aryl methyl sites for hydroxylation is 1. The van der Waals surface area contributed by atoms with Gasteiger partial charge in [-0.15, -0.1) is 0 Å². The predicted octanol–water partition coefficient (Wildman–Crippen LogP) is 4.53. The van der Waals surface area contributed by atoms with Crippen LogP contribution < -0.4 is 0 Å². The van der Waals surface area contributed by atoms with Crippen LogP contribution >= 0.6 is 0 Å². The summed E-state index contributed by atoms with van der Waals surface area (Å²) < 4.78 is 0. The second kappa shape index (κ2) is 9.32. The van der Waals surface area contributed by atoms with Gasteiger partial charge in [0, 0.05) is 17.8 Å². The van der Waals surface area contributed by atoms with E-state index in [0.29, 0.717) is 0 Å². The van der Waals surface area contributed by atoms with Crippen molar-refractivity contribution in [3.05, 3.63) is 23.8 Å². The minimum absolute atomic E-state index is 0.153. The van der Waals surface area contributed by atoms with Gasteiger partial charge in [0.1, 0.15) is 0 Å². The maximum absolute atomic E-state index is 4.36. The van der Waals surface area contributed by atoms with E-state index in [1.807, 2.05) is 47.0 Å². The van der Waals surface area contributed by atoms with E-state index in [1.165, 1.54) is 0 Å². The van der Waals surface area contributed by atoms with Gasteiger partial charge in [0.05, 0.1) is 11.4 Å². The van der Waals surface area contributed by atoms with Gasteiger partial charge in [-0.1, -0.05) is 48.5 Å². The molecule has 1 aromatic heterocycles. The zero-order chi connectivity index (χ0) is 13.2.